The number of alkyl halides is 3. The fourth-order valence-corrected chi connectivity index (χ4v) is 3.05. The molecule has 0 amide bonds. The summed E-state index contributed by atoms with van der Waals surface area (Å²) in [5.74, 6) is -4.26. The first-order valence-electron chi connectivity index (χ1n) is 7.83. The molecule has 2 aromatic rings. The molecule has 0 heterocycles. The third kappa shape index (κ3) is 3.57. The molecule has 0 saturated heterocycles. The molecule has 2 aromatic carbocycles. The Labute approximate surface area is 140 Å². The van der Waals surface area contributed by atoms with Gasteiger partial charge in [-0.25, -0.2) is 13.2 Å². The number of halogens is 6. The summed E-state index contributed by atoms with van der Waals surface area (Å²) in [6.45, 7) is 0. The average Bonchev–Trinajstić information content (AvgIpc) is 2.53. The van der Waals surface area contributed by atoms with Crippen LogP contribution in [0.25, 0.3) is 16.7 Å². The van der Waals surface area contributed by atoms with E-state index in [9.17, 15) is 26.3 Å². The highest BCUT2D eigenvalue weighted by molar-refractivity contribution is 5.71. The zero-order valence-electron chi connectivity index (χ0n) is 13.1. The number of rotatable bonds is 2. The van der Waals surface area contributed by atoms with Crippen LogP contribution in [0.5, 0.6) is 0 Å². The summed E-state index contributed by atoms with van der Waals surface area (Å²) >= 11 is 0. The standard InChI is InChI=1S/C19H14F6/c20-15-8-12(11-4-2-1-3-5-11)6-7-14(15)13-9-16(21)18(17(22)10-13)19(23,24)25/h4,6-10H,1-3,5H2. The maximum Gasteiger partial charge on any atom is 0.422 e. The molecule has 0 aliphatic heterocycles. The second-order valence-corrected chi connectivity index (χ2v) is 5.98. The van der Waals surface area contributed by atoms with Gasteiger partial charge in [0.2, 0.25) is 0 Å². The van der Waals surface area contributed by atoms with E-state index in [2.05, 4.69) is 0 Å². The molecule has 1 aliphatic carbocycles. The lowest BCUT2D eigenvalue weighted by atomic mass is 9.92. The Morgan fingerprint density at radius 1 is 0.760 bits per heavy atom. The van der Waals surface area contributed by atoms with Gasteiger partial charge < -0.3 is 0 Å². The monoisotopic (exact) mass is 356 g/mol. The van der Waals surface area contributed by atoms with E-state index in [4.69, 9.17) is 0 Å². The lowest BCUT2D eigenvalue weighted by Gasteiger charge is -2.15. The Balaban J connectivity index is 2.01. The van der Waals surface area contributed by atoms with Gasteiger partial charge in [-0.05, 0) is 60.6 Å². The molecule has 0 fully saturated rings. The molecule has 3 rings (SSSR count). The van der Waals surface area contributed by atoms with Crippen LogP contribution in [0.15, 0.2) is 36.4 Å². The smallest absolute Gasteiger partial charge is 0.206 e. The summed E-state index contributed by atoms with van der Waals surface area (Å²) < 4.78 is 79.7. The zero-order valence-corrected chi connectivity index (χ0v) is 13.1. The van der Waals surface area contributed by atoms with Crippen molar-refractivity contribution in [2.45, 2.75) is 31.9 Å². The minimum absolute atomic E-state index is 0.147. The summed E-state index contributed by atoms with van der Waals surface area (Å²) in [5, 5.41) is 0. The Morgan fingerprint density at radius 3 is 1.92 bits per heavy atom. The normalized spacial score (nSPS) is 15.2. The van der Waals surface area contributed by atoms with Crippen LogP contribution in [-0.2, 0) is 6.18 Å². The first kappa shape index (κ1) is 17.6. The van der Waals surface area contributed by atoms with Gasteiger partial charge in [-0.15, -0.1) is 0 Å². The second-order valence-electron chi connectivity index (χ2n) is 5.98. The third-order valence-corrected chi connectivity index (χ3v) is 4.27. The van der Waals surface area contributed by atoms with Crippen molar-refractivity contribution in [3.63, 3.8) is 0 Å². The van der Waals surface area contributed by atoms with Gasteiger partial charge in [-0.3, -0.25) is 0 Å². The fourth-order valence-electron chi connectivity index (χ4n) is 3.05. The maximum atomic E-state index is 14.4. The van der Waals surface area contributed by atoms with E-state index in [1.165, 1.54) is 12.1 Å². The largest absolute Gasteiger partial charge is 0.422 e. The van der Waals surface area contributed by atoms with Gasteiger partial charge in [0.15, 0.2) is 0 Å². The highest BCUT2D eigenvalue weighted by Gasteiger charge is 2.38. The predicted octanol–water partition coefficient (Wildman–Crippen LogP) is 6.75. The molecule has 25 heavy (non-hydrogen) atoms. The van der Waals surface area contributed by atoms with Gasteiger partial charge in [0, 0.05) is 5.56 Å². The van der Waals surface area contributed by atoms with Crippen LogP contribution in [0.1, 0.15) is 36.8 Å². The average molecular weight is 356 g/mol. The molecular formula is C19H14F6. The number of benzene rings is 2. The van der Waals surface area contributed by atoms with Crippen molar-refractivity contribution in [2.24, 2.45) is 0 Å². The fraction of sp³-hybridized carbons (Fsp3) is 0.263. The molecule has 0 bridgehead atoms. The van der Waals surface area contributed by atoms with Crippen LogP contribution in [0.2, 0.25) is 0 Å². The summed E-state index contributed by atoms with van der Waals surface area (Å²) in [6.07, 6.45) is 0.688. The predicted molar refractivity (Wildman–Crippen MR) is 83.2 cm³/mol. The highest BCUT2D eigenvalue weighted by atomic mass is 19.4. The second kappa shape index (κ2) is 6.58. The van der Waals surface area contributed by atoms with Crippen molar-refractivity contribution in [3.05, 3.63) is 65.0 Å². The van der Waals surface area contributed by atoms with Crippen molar-refractivity contribution in [1.82, 2.24) is 0 Å². The third-order valence-electron chi connectivity index (χ3n) is 4.27. The molecule has 0 nitrogen and oxygen atoms in total. The zero-order chi connectivity index (χ0) is 18.2. The van der Waals surface area contributed by atoms with Gasteiger partial charge in [-0.1, -0.05) is 18.2 Å². The van der Waals surface area contributed by atoms with E-state index >= 15 is 0 Å². The molecule has 132 valence electrons. The molecule has 0 aromatic heterocycles. The van der Waals surface area contributed by atoms with Crippen LogP contribution in [-0.4, -0.2) is 0 Å². The lowest BCUT2D eigenvalue weighted by Crippen LogP contribution is -2.11. The summed E-state index contributed by atoms with van der Waals surface area (Å²) in [7, 11) is 0. The maximum absolute atomic E-state index is 14.4. The van der Waals surface area contributed by atoms with E-state index in [1.54, 1.807) is 6.07 Å². The van der Waals surface area contributed by atoms with Crippen molar-refractivity contribution in [2.75, 3.05) is 0 Å². The molecule has 0 N–H and O–H groups in total. The van der Waals surface area contributed by atoms with E-state index in [0.717, 1.165) is 31.3 Å². The Morgan fingerprint density at radius 2 is 1.40 bits per heavy atom. The quantitative estimate of drug-likeness (QED) is 0.522. The van der Waals surface area contributed by atoms with Crippen LogP contribution >= 0.6 is 0 Å². The van der Waals surface area contributed by atoms with Gasteiger partial charge in [0.25, 0.3) is 0 Å². The Kier molecular flexibility index (Phi) is 4.62. The molecule has 1 aliphatic rings. The summed E-state index contributed by atoms with van der Waals surface area (Å²) in [5.41, 5.74) is -0.715. The molecule has 6 heteroatoms. The minimum atomic E-state index is -5.15. The molecule has 0 atom stereocenters. The Bertz CT molecular complexity index is 809. The van der Waals surface area contributed by atoms with E-state index in [1.807, 2.05) is 6.08 Å². The topological polar surface area (TPSA) is 0 Å². The van der Waals surface area contributed by atoms with E-state index in [0.29, 0.717) is 17.7 Å². The van der Waals surface area contributed by atoms with E-state index < -0.39 is 29.2 Å². The van der Waals surface area contributed by atoms with Crippen LogP contribution in [0.3, 0.4) is 0 Å². The molecule has 0 saturated carbocycles. The van der Waals surface area contributed by atoms with Crippen LogP contribution < -0.4 is 0 Å². The first-order chi connectivity index (χ1) is 11.8. The van der Waals surface area contributed by atoms with Crippen molar-refractivity contribution in [3.8, 4) is 11.1 Å². The van der Waals surface area contributed by atoms with Gasteiger partial charge in [0.05, 0.1) is 0 Å². The SMILES string of the molecule is Fc1cc(C2=CCCCC2)ccc1-c1cc(F)c(C(F)(F)F)c(F)c1. The molecule has 0 spiro atoms. The van der Waals surface area contributed by atoms with Crippen LogP contribution in [0.4, 0.5) is 26.3 Å². The summed E-state index contributed by atoms with van der Waals surface area (Å²) in [4.78, 5) is 0. The summed E-state index contributed by atoms with van der Waals surface area (Å²) in [6, 6.07) is 5.21. The van der Waals surface area contributed by atoms with Gasteiger partial charge >= 0.3 is 6.18 Å². The van der Waals surface area contributed by atoms with Crippen LogP contribution in [0, 0.1) is 17.5 Å². The Hall–Kier alpha value is -2.24. The number of hydrogen-bond donors (Lipinski definition) is 0. The van der Waals surface area contributed by atoms with E-state index in [-0.39, 0.29) is 11.1 Å². The highest BCUT2D eigenvalue weighted by Crippen LogP contribution is 2.37. The number of allylic oxidation sites excluding steroid dienone is 2. The minimum Gasteiger partial charge on any atom is -0.206 e. The number of hydrogen-bond acceptors (Lipinski definition) is 0. The van der Waals surface area contributed by atoms with Gasteiger partial charge in [0.1, 0.15) is 23.0 Å². The van der Waals surface area contributed by atoms with Gasteiger partial charge in [-0.2, -0.15) is 13.2 Å². The lowest BCUT2D eigenvalue weighted by molar-refractivity contribution is -0.142. The first-order valence-corrected chi connectivity index (χ1v) is 7.83. The van der Waals surface area contributed by atoms with Crippen molar-refractivity contribution >= 4 is 5.57 Å². The molecule has 0 unspecified atom stereocenters. The van der Waals surface area contributed by atoms with Crippen molar-refractivity contribution in [1.29, 1.82) is 0 Å². The molecule has 0 radical (unpaired) electrons. The van der Waals surface area contributed by atoms with Crippen molar-refractivity contribution < 1.29 is 26.3 Å². The molecular weight excluding hydrogens is 342 g/mol.